The summed E-state index contributed by atoms with van der Waals surface area (Å²) >= 11 is 0. The van der Waals surface area contributed by atoms with Crippen LogP contribution in [0.3, 0.4) is 0 Å². The molecule has 0 atom stereocenters. The van der Waals surface area contributed by atoms with Crippen LogP contribution in [0.25, 0.3) is 11.1 Å². The van der Waals surface area contributed by atoms with E-state index in [9.17, 15) is 14.7 Å². The zero-order valence-electron chi connectivity index (χ0n) is 23.3. The summed E-state index contributed by atoms with van der Waals surface area (Å²) in [6, 6.07) is 15.0. The first kappa shape index (κ1) is 29.2. The van der Waals surface area contributed by atoms with Crippen LogP contribution in [0.1, 0.15) is 71.8 Å². The number of carbonyl (C=O) groups is 1. The topological polar surface area (TPSA) is 182 Å². The number of hydrogen-bond donors (Lipinski definition) is 3. The van der Waals surface area contributed by atoms with Gasteiger partial charge in [-0.3, -0.25) is 5.41 Å². The van der Waals surface area contributed by atoms with Gasteiger partial charge < -0.3 is 29.1 Å². The van der Waals surface area contributed by atoms with Crippen molar-refractivity contribution in [1.29, 1.82) is 5.41 Å². The molecule has 0 aliphatic rings. The predicted molar refractivity (Wildman–Crippen MR) is 149 cm³/mol. The fourth-order valence-electron chi connectivity index (χ4n) is 4.45. The summed E-state index contributed by atoms with van der Waals surface area (Å²) in [6.45, 7) is 6.61. The average Bonchev–Trinajstić information content (AvgIpc) is 3.46. The molecule has 12 nitrogen and oxygen atoms in total. The number of esters is 1. The summed E-state index contributed by atoms with van der Waals surface area (Å²) in [5, 5.41) is 25.9. The van der Waals surface area contributed by atoms with Crippen LogP contribution < -0.4 is 11.7 Å². The second-order valence-corrected chi connectivity index (χ2v) is 9.94. The molecule has 0 radical (unpaired) electrons. The Morgan fingerprint density at radius 1 is 1.17 bits per heavy atom. The summed E-state index contributed by atoms with van der Waals surface area (Å²) in [7, 11) is 0. The maximum atomic E-state index is 13.4. The average molecular weight is 561 g/mol. The Bertz CT molecular complexity index is 1640. The molecule has 0 amide bonds. The molecule has 0 spiro atoms. The highest BCUT2D eigenvalue weighted by atomic mass is 16.6. The number of hydrogen-bond acceptors (Lipinski definition) is 9. The second kappa shape index (κ2) is 12.1. The van der Waals surface area contributed by atoms with Crippen LogP contribution in [0.15, 0.2) is 72.5 Å². The van der Waals surface area contributed by atoms with Crippen molar-refractivity contribution in [1.82, 2.24) is 9.55 Å². The molecule has 41 heavy (non-hydrogen) atoms. The van der Waals surface area contributed by atoms with Crippen molar-refractivity contribution < 1.29 is 23.5 Å². The van der Waals surface area contributed by atoms with E-state index in [4.69, 9.17) is 24.8 Å². The molecule has 0 aliphatic heterocycles. The lowest BCUT2D eigenvalue weighted by Gasteiger charge is -2.18. The summed E-state index contributed by atoms with van der Waals surface area (Å²) in [5.74, 6) is 4.42. The van der Waals surface area contributed by atoms with Crippen LogP contribution >= 0.6 is 0 Å². The van der Waals surface area contributed by atoms with Gasteiger partial charge in [-0.2, -0.15) is 0 Å². The van der Waals surface area contributed by atoms with Gasteiger partial charge in [0.15, 0.2) is 29.7 Å². The van der Waals surface area contributed by atoms with Crippen molar-refractivity contribution in [2.24, 2.45) is 16.2 Å². The van der Waals surface area contributed by atoms with Crippen LogP contribution in [0, 0.1) is 12.3 Å². The number of aromatic nitrogens is 2. The smallest absolute Gasteiger partial charge is 0.453 e. The highest BCUT2D eigenvalue weighted by Crippen LogP contribution is 2.29. The van der Waals surface area contributed by atoms with Crippen LogP contribution in [-0.2, 0) is 29.9 Å². The van der Waals surface area contributed by atoms with Crippen LogP contribution in [0.5, 0.6) is 0 Å². The molecule has 214 valence electrons. The van der Waals surface area contributed by atoms with Gasteiger partial charge in [0.2, 0.25) is 0 Å². The van der Waals surface area contributed by atoms with E-state index in [2.05, 4.69) is 15.3 Å². The summed E-state index contributed by atoms with van der Waals surface area (Å²) in [4.78, 5) is 29.5. The number of nitrogens with two attached hydrogens (primary N) is 1. The third-order valence-electron chi connectivity index (χ3n) is 6.41. The van der Waals surface area contributed by atoms with Crippen molar-refractivity contribution in [2.45, 2.75) is 59.3 Å². The molecule has 4 rings (SSSR count). The maximum absolute atomic E-state index is 13.4. The Hall–Kier alpha value is -4.84. The van der Waals surface area contributed by atoms with Crippen molar-refractivity contribution in [2.75, 3.05) is 0 Å². The highest BCUT2D eigenvalue weighted by molar-refractivity contribution is 6.02. The Morgan fingerprint density at radius 3 is 2.49 bits per heavy atom. The van der Waals surface area contributed by atoms with Gasteiger partial charge in [-0.15, -0.1) is 5.11 Å². The molecule has 2 aromatic heterocycles. The number of nitrogens with zero attached hydrogens (tertiary/aromatic N) is 4. The van der Waals surface area contributed by atoms with Gasteiger partial charge in [-0.1, -0.05) is 60.7 Å². The van der Waals surface area contributed by atoms with Crippen LogP contribution in [0.4, 0.5) is 0 Å². The monoisotopic (exact) mass is 560 g/mol. The molecule has 4 N–H and O–H groups in total. The lowest BCUT2D eigenvalue weighted by atomic mass is 9.98. The van der Waals surface area contributed by atoms with Crippen molar-refractivity contribution in [3.05, 3.63) is 99.0 Å². The normalized spacial score (nSPS) is 11.7. The summed E-state index contributed by atoms with van der Waals surface area (Å²) in [6.07, 6.45) is 1.33. The lowest BCUT2D eigenvalue weighted by molar-refractivity contribution is 0.0395. The number of imidazole rings is 1. The van der Waals surface area contributed by atoms with E-state index in [1.807, 2.05) is 49.4 Å². The van der Waals surface area contributed by atoms with Crippen LogP contribution in [0.2, 0.25) is 0 Å². The second-order valence-electron chi connectivity index (χ2n) is 9.94. The Labute approximate surface area is 236 Å². The van der Waals surface area contributed by atoms with Gasteiger partial charge >= 0.3 is 11.8 Å². The fourth-order valence-corrected chi connectivity index (χ4v) is 4.45. The van der Waals surface area contributed by atoms with E-state index in [0.717, 1.165) is 23.1 Å². The zero-order chi connectivity index (χ0) is 29.7. The Balaban J connectivity index is 1.69. The number of nitrogens with one attached hydrogen (secondary N) is 1. The predicted octanol–water partition coefficient (Wildman–Crippen LogP) is 4.64. The number of amidine groups is 1. The molecule has 12 heteroatoms. The SMILES string of the molecule is CCCc1nc(C(C)(C)O)c(C(=O)OCc2oc(=O)oc2C)n1Cc1ccc(-c2ccccc2C(=N)N=NN)cc1. The van der Waals surface area contributed by atoms with Crippen molar-refractivity contribution in [3.63, 3.8) is 0 Å². The van der Waals surface area contributed by atoms with Crippen LogP contribution in [-0.4, -0.2) is 26.5 Å². The zero-order valence-corrected chi connectivity index (χ0v) is 23.3. The Kier molecular flexibility index (Phi) is 8.62. The number of aryl methyl sites for hydroxylation is 2. The van der Waals surface area contributed by atoms with E-state index in [1.54, 1.807) is 24.5 Å². The third-order valence-corrected chi connectivity index (χ3v) is 6.41. The number of benzene rings is 2. The fraction of sp³-hybridized carbons (Fsp3) is 0.310. The van der Waals surface area contributed by atoms with Crippen molar-refractivity contribution in [3.8, 4) is 11.1 Å². The summed E-state index contributed by atoms with van der Waals surface area (Å²) in [5.41, 5.74) is 1.96. The van der Waals surface area contributed by atoms with Gasteiger partial charge in [0.25, 0.3) is 0 Å². The van der Waals surface area contributed by atoms with Gasteiger partial charge in [0.05, 0.1) is 0 Å². The van der Waals surface area contributed by atoms with Crippen molar-refractivity contribution >= 4 is 11.8 Å². The molecular formula is C29H32N6O6. The van der Waals surface area contributed by atoms with E-state index in [1.165, 1.54) is 6.92 Å². The van der Waals surface area contributed by atoms with Gasteiger partial charge in [-0.05, 0) is 43.9 Å². The number of aliphatic hydroxyl groups is 1. The van der Waals surface area contributed by atoms with Gasteiger partial charge in [0, 0.05) is 18.5 Å². The molecule has 0 fully saturated rings. The minimum Gasteiger partial charge on any atom is -0.453 e. The lowest BCUT2D eigenvalue weighted by Crippen LogP contribution is -2.23. The molecular weight excluding hydrogens is 528 g/mol. The minimum absolute atomic E-state index is 0.0537. The van der Waals surface area contributed by atoms with Gasteiger partial charge in [-0.25, -0.2) is 14.6 Å². The number of rotatable bonds is 10. The molecule has 2 aromatic carbocycles. The third kappa shape index (κ3) is 6.49. The molecule has 0 aliphatic carbocycles. The number of carbonyl (C=O) groups excluding carboxylic acids is 1. The van der Waals surface area contributed by atoms with Gasteiger partial charge in [0.1, 0.15) is 17.1 Å². The van der Waals surface area contributed by atoms with E-state index in [-0.39, 0.29) is 41.9 Å². The minimum atomic E-state index is -1.43. The first-order valence-corrected chi connectivity index (χ1v) is 13.0. The molecule has 2 heterocycles. The molecule has 0 saturated carbocycles. The first-order chi connectivity index (χ1) is 19.5. The standard InChI is InChI=1S/C29H32N6O6/c1-5-8-23-32-25(29(3,4)38)24(27(36)39-16-22-17(2)40-28(37)41-22)35(23)15-18-11-13-19(14-12-18)20-9-6-7-10-21(20)26(30)33-34-31/h6-7,9-14,38H,5,8,15-16H2,1-4H3,(H3,30,31,33). The van der Waals surface area contributed by atoms with E-state index >= 15 is 0 Å². The number of ether oxygens (including phenoxy) is 1. The molecule has 0 bridgehead atoms. The summed E-state index contributed by atoms with van der Waals surface area (Å²) < 4.78 is 17.0. The molecule has 0 saturated heterocycles. The maximum Gasteiger partial charge on any atom is 0.519 e. The van der Waals surface area contributed by atoms with E-state index < -0.39 is 17.4 Å². The van der Waals surface area contributed by atoms with E-state index in [0.29, 0.717) is 17.8 Å². The molecule has 4 aromatic rings. The quantitative estimate of drug-likeness (QED) is 0.0625. The molecule has 0 unspecified atom stereocenters. The largest absolute Gasteiger partial charge is 0.519 e. The Morgan fingerprint density at radius 2 is 1.88 bits per heavy atom. The highest BCUT2D eigenvalue weighted by Gasteiger charge is 2.33. The first-order valence-electron chi connectivity index (χ1n) is 13.0.